The molecule has 0 bridgehead atoms. The van der Waals surface area contributed by atoms with Gasteiger partial charge in [-0.05, 0) is 30.7 Å². The third-order valence-electron chi connectivity index (χ3n) is 2.24. The van der Waals surface area contributed by atoms with Gasteiger partial charge in [-0.3, -0.25) is 4.79 Å². The lowest BCUT2D eigenvalue weighted by Crippen LogP contribution is -2.07. The molecule has 1 aromatic carbocycles. The summed E-state index contributed by atoms with van der Waals surface area (Å²) in [6.07, 6.45) is 0. The van der Waals surface area contributed by atoms with Crippen LogP contribution in [0.25, 0.3) is 0 Å². The van der Waals surface area contributed by atoms with E-state index in [2.05, 4.69) is 0 Å². The lowest BCUT2D eigenvalue weighted by Gasteiger charge is -2.05. The predicted molar refractivity (Wildman–Crippen MR) is 55.6 cm³/mol. The van der Waals surface area contributed by atoms with Crippen LogP contribution in [0.1, 0.15) is 18.4 Å². The van der Waals surface area contributed by atoms with Crippen LogP contribution in [0.5, 0.6) is 0 Å². The van der Waals surface area contributed by atoms with E-state index >= 15 is 0 Å². The van der Waals surface area contributed by atoms with Gasteiger partial charge in [-0.2, -0.15) is 0 Å². The molecule has 0 amide bonds. The fourth-order valence-electron chi connectivity index (χ4n) is 1.52. The maximum Gasteiger partial charge on any atom is 0.138 e. The Balaban J connectivity index is 2.46. The van der Waals surface area contributed by atoms with Gasteiger partial charge in [0.2, 0.25) is 0 Å². The van der Waals surface area contributed by atoms with E-state index < -0.39 is 0 Å². The zero-order valence-corrected chi connectivity index (χ0v) is 8.78. The van der Waals surface area contributed by atoms with Gasteiger partial charge in [0.05, 0.1) is 5.92 Å². The molecule has 0 saturated carbocycles. The number of Topliss-reactive ketones (excluding diaryl/α,β-unsaturated/α-hetero) is 1. The van der Waals surface area contributed by atoms with Crippen LogP contribution >= 0.6 is 23.4 Å². The van der Waals surface area contributed by atoms with Crippen LogP contribution in [0.4, 0.5) is 0 Å². The van der Waals surface area contributed by atoms with Gasteiger partial charge < -0.3 is 0 Å². The molecule has 2 rings (SSSR count). The molecule has 0 aromatic heterocycles. The first-order valence-corrected chi connectivity index (χ1v) is 5.47. The summed E-state index contributed by atoms with van der Waals surface area (Å²) in [7, 11) is 0. The Kier molecular flexibility index (Phi) is 2.35. The van der Waals surface area contributed by atoms with E-state index in [9.17, 15) is 4.79 Å². The molecule has 0 N–H and O–H groups in total. The standard InChI is InChI=1S/C10H9ClOS/c1-6(12)9-5-13-10-3-2-7(11)4-8(9)10/h2-4,9H,5H2,1H3. The van der Waals surface area contributed by atoms with E-state index in [1.165, 1.54) is 4.90 Å². The second kappa shape index (κ2) is 3.35. The summed E-state index contributed by atoms with van der Waals surface area (Å²) < 4.78 is 0. The van der Waals surface area contributed by atoms with Gasteiger partial charge >= 0.3 is 0 Å². The number of hydrogen-bond donors (Lipinski definition) is 0. The average Bonchev–Trinajstić information content (AvgIpc) is 2.46. The Morgan fingerprint density at radius 1 is 1.62 bits per heavy atom. The zero-order valence-electron chi connectivity index (χ0n) is 7.21. The normalized spacial score (nSPS) is 20.0. The van der Waals surface area contributed by atoms with Crippen molar-refractivity contribution in [1.82, 2.24) is 0 Å². The molecule has 1 aliphatic rings. The Bertz CT molecular complexity index is 362. The van der Waals surface area contributed by atoms with Crippen LogP contribution in [-0.4, -0.2) is 11.5 Å². The van der Waals surface area contributed by atoms with Crippen molar-refractivity contribution in [3.8, 4) is 0 Å². The number of hydrogen-bond acceptors (Lipinski definition) is 2. The molecule has 0 radical (unpaired) electrons. The second-order valence-corrected chi connectivity index (χ2v) is 4.65. The number of ketones is 1. The molecule has 1 unspecified atom stereocenters. The number of rotatable bonds is 1. The quantitative estimate of drug-likeness (QED) is 0.712. The molecule has 1 nitrogen and oxygen atoms in total. The van der Waals surface area contributed by atoms with Gasteiger partial charge in [-0.15, -0.1) is 11.8 Å². The van der Waals surface area contributed by atoms with E-state index in [4.69, 9.17) is 11.6 Å². The minimum absolute atomic E-state index is 0.0544. The van der Waals surface area contributed by atoms with Crippen LogP contribution in [-0.2, 0) is 4.79 Å². The zero-order chi connectivity index (χ0) is 9.42. The summed E-state index contributed by atoms with van der Waals surface area (Å²) >= 11 is 7.61. The van der Waals surface area contributed by atoms with Gasteiger partial charge in [0.15, 0.2) is 0 Å². The highest BCUT2D eigenvalue weighted by atomic mass is 35.5. The fraction of sp³-hybridized carbons (Fsp3) is 0.300. The highest BCUT2D eigenvalue weighted by Crippen LogP contribution is 2.40. The molecule has 13 heavy (non-hydrogen) atoms. The molecule has 3 heteroatoms. The van der Waals surface area contributed by atoms with E-state index in [1.54, 1.807) is 18.7 Å². The van der Waals surface area contributed by atoms with Crippen molar-refractivity contribution >= 4 is 29.1 Å². The third kappa shape index (κ3) is 1.61. The van der Waals surface area contributed by atoms with E-state index in [-0.39, 0.29) is 11.7 Å². The molecule has 1 aliphatic heterocycles. The maximum absolute atomic E-state index is 11.3. The molecule has 0 spiro atoms. The molecular formula is C10H9ClOS. The molecular weight excluding hydrogens is 204 g/mol. The summed E-state index contributed by atoms with van der Waals surface area (Å²) in [6, 6.07) is 5.77. The molecule has 1 heterocycles. The molecule has 0 saturated heterocycles. The fourth-order valence-corrected chi connectivity index (χ4v) is 3.00. The number of fused-ring (bicyclic) bond motifs is 1. The first-order chi connectivity index (χ1) is 6.18. The average molecular weight is 213 g/mol. The van der Waals surface area contributed by atoms with Gasteiger partial charge in [0.25, 0.3) is 0 Å². The molecule has 0 fully saturated rings. The van der Waals surface area contributed by atoms with E-state index in [0.717, 1.165) is 11.3 Å². The van der Waals surface area contributed by atoms with E-state index in [0.29, 0.717) is 5.02 Å². The Labute approximate surface area is 86.5 Å². The predicted octanol–water partition coefficient (Wildman–Crippen LogP) is 3.12. The van der Waals surface area contributed by atoms with Gasteiger partial charge in [0, 0.05) is 15.7 Å². The number of benzene rings is 1. The Hall–Kier alpha value is -0.470. The highest BCUT2D eigenvalue weighted by Gasteiger charge is 2.26. The monoisotopic (exact) mass is 212 g/mol. The van der Waals surface area contributed by atoms with Crippen LogP contribution in [0.2, 0.25) is 5.02 Å². The van der Waals surface area contributed by atoms with Gasteiger partial charge in [-0.25, -0.2) is 0 Å². The van der Waals surface area contributed by atoms with Crippen LogP contribution in [0, 0.1) is 0 Å². The molecule has 68 valence electrons. The highest BCUT2D eigenvalue weighted by molar-refractivity contribution is 7.99. The number of carbonyl (C=O) groups is 1. The van der Waals surface area contributed by atoms with Gasteiger partial charge in [0.1, 0.15) is 5.78 Å². The first kappa shape index (κ1) is 9.10. The maximum atomic E-state index is 11.3. The summed E-state index contributed by atoms with van der Waals surface area (Å²) in [5, 5.41) is 0.715. The topological polar surface area (TPSA) is 17.1 Å². The minimum Gasteiger partial charge on any atom is -0.299 e. The summed E-state index contributed by atoms with van der Waals surface area (Å²) in [5.74, 6) is 1.15. The lowest BCUT2D eigenvalue weighted by molar-refractivity contribution is -0.117. The molecule has 0 aliphatic carbocycles. The number of carbonyl (C=O) groups excluding carboxylic acids is 1. The molecule has 1 aromatic rings. The SMILES string of the molecule is CC(=O)C1CSc2ccc(Cl)cc21. The minimum atomic E-state index is 0.0544. The van der Waals surface area contributed by atoms with Crippen molar-refractivity contribution in [2.45, 2.75) is 17.7 Å². The summed E-state index contributed by atoms with van der Waals surface area (Å²) in [4.78, 5) is 12.5. The Morgan fingerprint density at radius 3 is 3.08 bits per heavy atom. The van der Waals surface area contributed by atoms with Crippen LogP contribution in [0.3, 0.4) is 0 Å². The van der Waals surface area contributed by atoms with Crippen molar-refractivity contribution in [1.29, 1.82) is 0 Å². The van der Waals surface area contributed by atoms with Crippen molar-refractivity contribution in [3.63, 3.8) is 0 Å². The first-order valence-electron chi connectivity index (χ1n) is 4.11. The van der Waals surface area contributed by atoms with Gasteiger partial charge in [-0.1, -0.05) is 11.6 Å². The number of thioether (sulfide) groups is 1. The third-order valence-corrected chi connectivity index (χ3v) is 3.66. The summed E-state index contributed by atoms with van der Waals surface area (Å²) in [6.45, 7) is 1.64. The number of halogens is 1. The van der Waals surface area contributed by atoms with Crippen LogP contribution < -0.4 is 0 Å². The second-order valence-electron chi connectivity index (χ2n) is 3.16. The Morgan fingerprint density at radius 2 is 2.38 bits per heavy atom. The smallest absolute Gasteiger partial charge is 0.138 e. The van der Waals surface area contributed by atoms with E-state index in [1.807, 2.05) is 18.2 Å². The van der Waals surface area contributed by atoms with Crippen LogP contribution in [0.15, 0.2) is 23.1 Å². The van der Waals surface area contributed by atoms with Crippen molar-refractivity contribution in [2.75, 3.05) is 5.75 Å². The van der Waals surface area contributed by atoms with Crippen molar-refractivity contribution < 1.29 is 4.79 Å². The van der Waals surface area contributed by atoms with Crippen molar-refractivity contribution in [2.24, 2.45) is 0 Å². The summed E-state index contributed by atoms with van der Waals surface area (Å²) in [5.41, 5.74) is 1.10. The largest absolute Gasteiger partial charge is 0.299 e. The molecule has 1 atom stereocenters. The van der Waals surface area contributed by atoms with Crippen molar-refractivity contribution in [3.05, 3.63) is 28.8 Å². The lowest BCUT2D eigenvalue weighted by atomic mass is 9.98.